The molecule has 0 saturated carbocycles. The Morgan fingerprint density at radius 2 is 2.35 bits per heavy atom. The fourth-order valence-electron chi connectivity index (χ4n) is 2.31. The molecule has 2 amide bonds. The van der Waals surface area contributed by atoms with Crippen molar-refractivity contribution in [2.24, 2.45) is 0 Å². The van der Waals surface area contributed by atoms with E-state index in [0.717, 1.165) is 11.4 Å². The molecule has 0 radical (unpaired) electrons. The van der Waals surface area contributed by atoms with Gasteiger partial charge in [0.1, 0.15) is 6.10 Å². The molecule has 8 heteroatoms. The number of carbonyl (C=O) groups excluding carboxylic acids is 1. The van der Waals surface area contributed by atoms with Crippen LogP contribution in [0.15, 0.2) is 29.1 Å². The van der Waals surface area contributed by atoms with Gasteiger partial charge in [-0.1, -0.05) is 0 Å². The summed E-state index contributed by atoms with van der Waals surface area (Å²) >= 11 is 1.55. The van der Waals surface area contributed by atoms with Crippen molar-refractivity contribution < 1.29 is 9.53 Å². The highest BCUT2D eigenvalue weighted by atomic mass is 32.1. The molecule has 1 atom stereocenters. The van der Waals surface area contributed by atoms with Crippen LogP contribution in [0.25, 0.3) is 0 Å². The van der Waals surface area contributed by atoms with E-state index in [1.54, 1.807) is 22.4 Å². The lowest BCUT2D eigenvalue weighted by Gasteiger charge is -2.32. The van der Waals surface area contributed by atoms with Crippen molar-refractivity contribution in [2.75, 3.05) is 44.0 Å². The number of urea groups is 1. The third-order valence-electron chi connectivity index (χ3n) is 3.52. The van der Waals surface area contributed by atoms with Crippen LogP contribution in [-0.4, -0.2) is 54.7 Å². The minimum atomic E-state index is -0.237. The third kappa shape index (κ3) is 3.77. The van der Waals surface area contributed by atoms with Gasteiger partial charge in [-0.2, -0.15) is 11.3 Å². The Bertz CT molecular complexity index is 662. The number of nitrogens with zero attached hydrogens (tertiary/aromatic N) is 4. The molecule has 1 aliphatic heterocycles. The lowest BCUT2D eigenvalue weighted by molar-refractivity contribution is -0.0157. The van der Waals surface area contributed by atoms with Gasteiger partial charge in [-0.15, -0.1) is 0 Å². The van der Waals surface area contributed by atoms with E-state index in [2.05, 4.69) is 15.3 Å². The average Bonchev–Trinajstić information content (AvgIpc) is 3.08. The molecule has 1 N–H and O–H groups in total. The lowest BCUT2D eigenvalue weighted by Crippen LogP contribution is -2.44. The Kier molecular flexibility index (Phi) is 4.73. The van der Waals surface area contributed by atoms with Crippen LogP contribution < -0.4 is 10.2 Å². The SMILES string of the molecule is CN(C)c1nccc(C2CN(C(=O)Nc3ccsc3)CCO2)n1. The van der Waals surface area contributed by atoms with Crippen LogP contribution in [0.3, 0.4) is 0 Å². The summed E-state index contributed by atoms with van der Waals surface area (Å²) in [6, 6.07) is 3.60. The first-order valence-corrected chi connectivity index (χ1v) is 8.28. The molecule has 1 unspecified atom stereocenters. The number of ether oxygens (including phenoxy) is 1. The van der Waals surface area contributed by atoms with E-state index in [-0.39, 0.29) is 12.1 Å². The highest BCUT2D eigenvalue weighted by Crippen LogP contribution is 2.22. The number of rotatable bonds is 3. The molecule has 3 rings (SSSR count). The van der Waals surface area contributed by atoms with Gasteiger partial charge >= 0.3 is 6.03 Å². The van der Waals surface area contributed by atoms with Crippen molar-refractivity contribution in [3.8, 4) is 0 Å². The van der Waals surface area contributed by atoms with E-state index in [0.29, 0.717) is 25.6 Å². The number of hydrogen-bond acceptors (Lipinski definition) is 6. The summed E-state index contributed by atoms with van der Waals surface area (Å²) in [7, 11) is 3.78. The molecular weight excluding hydrogens is 314 g/mol. The number of amides is 2. The van der Waals surface area contributed by atoms with Crippen molar-refractivity contribution >= 4 is 29.0 Å². The predicted molar refractivity (Wildman–Crippen MR) is 90.0 cm³/mol. The fraction of sp³-hybridized carbons (Fsp3) is 0.400. The predicted octanol–water partition coefficient (Wildman–Crippen LogP) is 2.21. The second-order valence-electron chi connectivity index (χ2n) is 5.42. The molecule has 1 aliphatic rings. The van der Waals surface area contributed by atoms with Gasteiger partial charge in [0.2, 0.25) is 5.95 Å². The minimum absolute atomic E-state index is 0.112. The van der Waals surface area contributed by atoms with Crippen LogP contribution in [0.5, 0.6) is 0 Å². The van der Waals surface area contributed by atoms with Gasteiger partial charge in [0.15, 0.2) is 0 Å². The number of carbonyl (C=O) groups is 1. The lowest BCUT2D eigenvalue weighted by atomic mass is 10.2. The number of morpholine rings is 1. The maximum atomic E-state index is 12.3. The standard InChI is InChI=1S/C15H19N5O2S/c1-19(2)14-16-5-3-12(18-14)13-9-20(6-7-22-13)15(21)17-11-4-8-23-10-11/h3-5,8,10,13H,6-7,9H2,1-2H3,(H,17,21). The maximum absolute atomic E-state index is 12.3. The quantitative estimate of drug-likeness (QED) is 0.932. The summed E-state index contributed by atoms with van der Waals surface area (Å²) in [5.74, 6) is 0.631. The first-order chi connectivity index (χ1) is 11.1. The second kappa shape index (κ2) is 6.93. The maximum Gasteiger partial charge on any atom is 0.322 e. The zero-order chi connectivity index (χ0) is 16.2. The van der Waals surface area contributed by atoms with E-state index < -0.39 is 0 Å². The summed E-state index contributed by atoms with van der Waals surface area (Å²) in [5.41, 5.74) is 1.61. The Hall–Kier alpha value is -2.19. The molecule has 0 bridgehead atoms. The molecule has 0 aliphatic carbocycles. The highest BCUT2D eigenvalue weighted by Gasteiger charge is 2.26. The molecule has 0 spiro atoms. The van der Waals surface area contributed by atoms with Crippen molar-refractivity contribution in [2.45, 2.75) is 6.10 Å². The number of nitrogens with one attached hydrogen (secondary N) is 1. The Labute approximate surface area is 138 Å². The van der Waals surface area contributed by atoms with Crippen LogP contribution in [-0.2, 0) is 4.74 Å². The van der Waals surface area contributed by atoms with Crippen LogP contribution in [0.2, 0.25) is 0 Å². The number of anilines is 2. The summed E-state index contributed by atoms with van der Waals surface area (Å²) in [5, 5.41) is 6.73. The van der Waals surface area contributed by atoms with Gasteiger partial charge in [-0.25, -0.2) is 14.8 Å². The summed E-state index contributed by atoms with van der Waals surface area (Å²) in [6.07, 6.45) is 1.48. The smallest absolute Gasteiger partial charge is 0.322 e. The van der Waals surface area contributed by atoms with Gasteiger partial charge in [-0.3, -0.25) is 0 Å². The molecular formula is C15H19N5O2S. The fourth-order valence-corrected chi connectivity index (χ4v) is 2.90. The highest BCUT2D eigenvalue weighted by molar-refractivity contribution is 7.08. The van der Waals surface area contributed by atoms with Gasteiger partial charge < -0.3 is 19.9 Å². The van der Waals surface area contributed by atoms with Crippen LogP contribution in [0.1, 0.15) is 11.8 Å². The number of hydrogen-bond donors (Lipinski definition) is 1. The van der Waals surface area contributed by atoms with E-state index in [1.807, 2.05) is 41.9 Å². The van der Waals surface area contributed by atoms with Crippen LogP contribution in [0.4, 0.5) is 16.4 Å². The van der Waals surface area contributed by atoms with E-state index >= 15 is 0 Å². The third-order valence-corrected chi connectivity index (χ3v) is 4.20. The Morgan fingerprint density at radius 1 is 1.48 bits per heavy atom. The molecule has 0 aromatic carbocycles. The monoisotopic (exact) mass is 333 g/mol. The molecule has 7 nitrogen and oxygen atoms in total. The van der Waals surface area contributed by atoms with Gasteiger partial charge in [0, 0.05) is 32.2 Å². The van der Waals surface area contributed by atoms with Crippen LogP contribution >= 0.6 is 11.3 Å². The minimum Gasteiger partial charge on any atom is -0.368 e. The first-order valence-electron chi connectivity index (χ1n) is 7.33. The molecule has 2 aromatic heterocycles. The molecule has 122 valence electrons. The zero-order valence-corrected chi connectivity index (χ0v) is 13.9. The molecule has 3 heterocycles. The van der Waals surface area contributed by atoms with Gasteiger partial charge in [-0.05, 0) is 17.5 Å². The Morgan fingerprint density at radius 3 is 3.09 bits per heavy atom. The normalized spacial score (nSPS) is 17.8. The molecule has 2 aromatic rings. The first kappa shape index (κ1) is 15.7. The van der Waals surface area contributed by atoms with Gasteiger partial charge in [0.05, 0.1) is 24.5 Å². The van der Waals surface area contributed by atoms with Crippen molar-refractivity contribution in [3.63, 3.8) is 0 Å². The second-order valence-corrected chi connectivity index (χ2v) is 6.20. The summed E-state index contributed by atoms with van der Waals surface area (Å²) in [6.45, 7) is 1.53. The van der Waals surface area contributed by atoms with Crippen molar-refractivity contribution in [1.29, 1.82) is 0 Å². The molecule has 1 fully saturated rings. The zero-order valence-electron chi connectivity index (χ0n) is 13.1. The van der Waals surface area contributed by atoms with Crippen molar-refractivity contribution in [3.05, 3.63) is 34.8 Å². The summed E-state index contributed by atoms with van der Waals surface area (Å²) < 4.78 is 5.79. The average molecular weight is 333 g/mol. The Balaban J connectivity index is 1.68. The number of aromatic nitrogens is 2. The van der Waals surface area contributed by atoms with Gasteiger partial charge in [0.25, 0.3) is 0 Å². The largest absolute Gasteiger partial charge is 0.368 e. The summed E-state index contributed by atoms with van der Waals surface area (Å²) in [4.78, 5) is 24.6. The van der Waals surface area contributed by atoms with E-state index in [1.165, 1.54) is 0 Å². The topological polar surface area (TPSA) is 70.6 Å². The van der Waals surface area contributed by atoms with Crippen LogP contribution in [0, 0.1) is 0 Å². The van der Waals surface area contributed by atoms with E-state index in [9.17, 15) is 4.79 Å². The molecule has 23 heavy (non-hydrogen) atoms. The van der Waals surface area contributed by atoms with E-state index in [4.69, 9.17) is 4.74 Å². The molecule has 1 saturated heterocycles. The van der Waals surface area contributed by atoms with Crippen molar-refractivity contribution in [1.82, 2.24) is 14.9 Å². The number of thiophene rings is 1.